The van der Waals surface area contributed by atoms with E-state index in [1.165, 1.54) is 0 Å². The Morgan fingerprint density at radius 3 is 2.94 bits per heavy atom. The summed E-state index contributed by atoms with van der Waals surface area (Å²) >= 11 is 0. The van der Waals surface area contributed by atoms with E-state index in [-0.39, 0.29) is 18.4 Å². The zero-order chi connectivity index (χ0) is 12.3. The number of nitrogen functional groups attached to an aromatic ring is 1. The van der Waals surface area contributed by atoms with Crippen molar-refractivity contribution in [3.05, 3.63) is 11.8 Å². The maximum absolute atomic E-state index is 11.8. The van der Waals surface area contributed by atoms with Crippen LogP contribution in [0, 0.1) is 6.92 Å². The van der Waals surface area contributed by atoms with Crippen molar-refractivity contribution in [1.82, 2.24) is 14.9 Å². The van der Waals surface area contributed by atoms with E-state index >= 15 is 0 Å². The van der Waals surface area contributed by atoms with Crippen LogP contribution in [0.15, 0.2) is 6.20 Å². The highest BCUT2D eigenvalue weighted by Crippen LogP contribution is 2.11. The summed E-state index contributed by atoms with van der Waals surface area (Å²) in [5.74, 6) is 0.954. The van der Waals surface area contributed by atoms with Gasteiger partial charge in [-0.05, 0) is 19.8 Å². The molecule has 6 nitrogen and oxygen atoms in total. The molecule has 0 atom stereocenters. The molecule has 0 spiro atoms. The second-order valence-corrected chi connectivity index (χ2v) is 4.20. The molecule has 1 aliphatic heterocycles. The molecule has 1 aromatic rings. The molecular formula is C11H17N5O. The number of hydrogen-bond donors (Lipinski definition) is 2. The Labute approximate surface area is 100 Å². The zero-order valence-corrected chi connectivity index (χ0v) is 9.94. The van der Waals surface area contributed by atoms with Crippen LogP contribution in [-0.2, 0) is 4.79 Å². The molecule has 1 aromatic heterocycles. The minimum absolute atomic E-state index is 0.110. The third-order valence-corrected chi connectivity index (χ3v) is 2.86. The predicted octanol–water partition coefficient (Wildman–Crippen LogP) is 0.402. The fourth-order valence-corrected chi connectivity index (χ4v) is 1.87. The number of likely N-dealkylation sites (tertiary alicyclic amines) is 1. The van der Waals surface area contributed by atoms with Gasteiger partial charge in [-0.2, -0.15) is 4.98 Å². The Morgan fingerprint density at radius 1 is 1.53 bits per heavy atom. The number of carbonyl (C=O) groups is 1. The van der Waals surface area contributed by atoms with Gasteiger partial charge in [-0.15, -0.1) is 0 Å². The lowest BCUT2D eigenvalue weighted by Crippen LogP contribution is -2.33. The Kier molecular flexibility index (Phi) is 3.41. The largest absolute Gasteiger partial charge is 0.368 e. The highest BCUT2D eigenvalue weighted by Gasteiger charge is 2.17. The zero-order valence-electron chi connectivity index (χ0n) is 9.94. The smallest absolute Gasteiger partial charge is 0.241 e. The fourth-order valence-electron chi connectivity index (χ4n) is 1.87. The summed E-state index contributed by atoms with van der Waals surface area (Å²) in [5, 5.41) is 3.01. The predicted molar refractivity (Wildman–Crippen MR) is 65.5 cm³/mol. The standard InChI is InChI=1S/C11H17N5O/c1-8-6-14-11(12)15-10(8)13-7-9(17)16-4-2-3-5-16/h6H,2-5,7H2,1H3,(H3,12,13,14,15). The van der Waals surface area contributed by atoms with Gasteiger partial charge in [-0.1, -0.05) is 0 Å². The van der Waals surface area contributed by atoms with Gasteiger partial charge in [-0.3, -0.25) is 4.79 Å². The Balaban J connectivity index is 1.92. The minimum atomic E-state index is 0.110. The SMILES string of the molecule is Cc1cnc(N)nc1NCC(=O)N1CCCC1. The van der Waals surface area contributed by atoms with Gasteiger partial charge in [0.05, 0.1) is 6.54 Å². The lowest BCUT2D eigenvalue weighted by molar-refractivity contribution is -0.128. The summed E-state index contributed by atoms with van der Waals surface area (Å²) in [4.78, 5) is 21.6. The molecule has 2 heterocycles. The third-order valence-electron chi connectivity index (χ3n) is 2.86. The Morgan fingerprint density at radius 2 is 2.24 bits per heavy atom. The number of hydrogen-bond acceptors (Lipinski definition) is 5. The molecule has 1 amide bonds. The average Bonchev–Trinajstić information content (AvgIpc) is 2.83. The van der Waals surface area contributed by atoms with Crippen LogP contribution in [-0.4, -0.2) is 40.4 Å². The summed E-state index contributed by atoms with van der Waals surface area (Å²) in [6.45, 7) is 3.87. The average molecular weight is 235 g/mol. The van der Waals surface area contributed by atoms with Crippen molar-refractivity contribution in [1.29, 1.82) is 0 Å². The number of nitrogens with one attached hydrogen (secondary N) is 1. The number of carbonyl (C=O) groups excluding carboxylic acids is 1. The molecule has 1 saturated heterocycles. The van der Waals surface area contributed by atoms with Crippen LogP contribution in [0.4, 0.5) is 11.8 Å². The lowest BCUT2D eigenvalue weighted by atomic mass is 10.3. The monoisotopic (exact) mass is 235 g/mol. The van der Waals surface area contributed by atoms with Gasteiger partial charge in [-0.25, -0.2) is 4.98 Å². The minimum Gasteiger partial charge on any atom is -0.368 e. The Bertz CT molecular complexity index is 414. The molecule has 92 valence electrons. The molecule has 2 rings (SSSR count). The molecule has 17 heavy (non-hydrogen) atoms. The molecule has 0 unspecified atom stereocenters. The van der Waals surface area contributed by atoms with Crippen LogP contribution >= 0.6 is 0 Å². The number of rotatable bonds is 3. The van der Waals surface area contributed by atoms with E-state index in [9.17, 15) is 4.79 Å². The molecule has 0 bridgehead atoms. The second kappa shape index (κ2) is 4.99. The van der Waals surface area contributed by atoms with Crippen LogP contribution in [0.5, 0.6) is 0 Å². The highest BCUT2D eigenvalue weighted by atomic mass is 16.2. The first kappa shape index (κ1) is 11.6. The topological polar surface area (TPSA) is 84.1 Å². The van der Waals surface area contributed by atoms with E-state index in [0.29, 0.717) is 5.82 Å². The molecule has 6 heteroatoms. The van der Waals surface area contributed by atoms with E-state index in [1.807, 2.05) is 11.8 Å². The fraction of sp³-hybridized carbons (Fsp3) is 0.545. The summed E-state index contributed by atoms with van der Waals surface area (Å²) in [7, 11) is 0. The van der Waals surface area contributed by atoms with E-state index in [1.54, 1.807) is 6.20 Å². The van der Waals surface area contributed by atoms with Crippen molar-refractivity contribution < 1.29 is 4.79 Å². The van der Waals surface area contributed by atoms with Gasteiger partial charge in [0.1, 0.15) is 5.82 Å². The molecule has 1 aliphatic rings. The van der Waals surface area contributed by atoms with Gasteiger partial charge in [0.2, 0.25) is 11.9 Å². The number of aromatic nitrogens is 2. The molecule has 0 aromatic carbocycles. The van der Waals surface area contributed by atoms with Gasteiger partial charge in [0.15, 0.2) is 0 Å². The summed E-state index contributed by atoms with van der Waals surface area (Å²) in [5.41, 5.74) is 6.38. The Hall–Kier alpha value is -1.85. The lowest BCUT2D eigenvalue weighted by Gasteiger charge is -2.16. The maximum atomic E-state index is 11.8. The molecule has 0 saturated carbocycles. The first-order valence-corrected chi connectivity index (χ1v) is 5.77. The first-order valence-electron chi connectivity index (χ1n) is 5.77. The number of nitrogens with two attached hydrogens (primary N) is 1. The number of aryl methyl sites for hydroxylation is 1. The molecule has 0 aliphatic carbocycles. The van der Waals surface area contributed by atoms with Gasteiger partial charge in [0.25, 0.3) is 0 Å². The van der Waals surface area contributed by atoms with Crippen molar-refractivity contribution in [3.8, 4) is 0 Å². The van der Waals surface area contributed by atoms with E-state index < -0.39 is 0 Å². The number of amides is 1. The van der Waals surface area contributed by atoms with Crippen LogP contribution in [0.2, 0.25) is 0 Å². The van der Waals surface area contributed by atoms with Crippen molar-refractivity contribution in [2.24, 2.45) is 0 Å². The van der Waals surface area contributed by atoms with Crippen molar-refractivity contribution in [3.63, 3.8) is 0 Å². The van der Waals surface area contributed by atoms with E-state index in [2.05, 4.69) is 15.3 Å². The third kappa shape index (κ3) is 2.83. The van der Waals surface area contributed by atoms with Crippen LogP contribution in [0.3, 0.4) is 0 Å². The molecular weight excluding hydrogens is 218 g/mol. The van der Waals surface area contributed by atoms with Crippen molar-refractivity contribution >= 4 is 17.7 Å². The summed E-state index contributed by atoms with van der Waals surface area (Å²) in [6.07, 6.45) is 3.85. The van der Waals surface area contributed by atoms with Crippen LogP contribution in [0.1, 0.15) is 18.4 Å². The van der Waals surface area contributed by atoms with Crippen molar-refractivity contribution in [2.75, 3.05) is 30.7 Å². The second-order valence-electron chi connectivity index (χ2n) is 4.20. The van der Waals surface area contributed by atoms with Crippen LogP contribution < -0.4 is 11.1 Å². The number of nitrogens with zero attached hydrogens (tertiary/aromatic N) is 3. The van der Waals surface area contributed by atoms with E-state index in [0.717, 1.165) is 31.5 Å². The van der Waals surface area contributed by atoms with E-state index in [4.69, 9.17) is 5.73 Å². The number of anilines is 2. The molecule has 3 N–H and O–H groups in total. The summed E-state index contributed by atoms with van der Waals surface area (Å²) < 4.78 is 0. The normalized spacial score (nSPS) is 15.0. The van der Waals surface area contributed by atoms with Gasteiger partial charge >= 0.3 is 0 Å². The van der Waals surface area contributed by atoms with Crippen LogP contribution in [0.25, 0.3) is 0 Å². The molecule has 1 fully saturated rings. The quantitative estimate of drug-likeness (QED) is 0.792. The highest BCUT2D eigenvalue weighted by molar-refractivity contribution is 5.81. The van der Waals surface area contributed by atoms with Gasteiger partial charge in [0, 0.05) is 24.8 Å². The molecule has 0 radical (unpaired) electrons. The summed E-state index contributed by atoms with van der Waals surface area (Å²) in [6, 6.07) is 0. The maximum Gasteiger partial charge on any atom is 0.241 e. The van der Waals surface area contributed by atoms with Crippen molar-refractivity contribution in [2.45, 2.75) is 19.8 Å². The van der Waals surface area contributed by atoms with Gasteiger partial charge < -0.3 is 16.0 Å². The first-order chi connectivity index (χ1) is 8.16.